The van der Waals surface area contributed by atoms with Crippen LogP contribution in [0.4, 0.5) is 5.69 Å². The van der Waals surface area contributed by atoms with Gasteiger partial charge in [0, 0.05) is 28.8 Å². The maximum Gasteiger partial charge on any atom is 0.254 e. The molecule has 3 nitrogen and oxygen atoms in total. The Morgan fingerprint density at radius 1 is 1.20 bits per heavy atom. The SMILES string of the molecule is Cc1c(N)cc(Br)cc1C(=O)N1Cc2ccccc2C1. The van der Waals surface area contributed by atoms with Crippen molar-refractivity contribution in [1.29, 1.82) is 0 Å². The van der Waals surface area contributed by atoms with Crippen molar-refractivity contribution in [3.05, 3.63) is 63.1 Å². The maximum atomic E-state index is 12.7. The van der Waals surface area contributed by atoms with Crippen LogP contribution in [0.5, 0.6) is 0 Å². The van der Waals surface area contributed by atoms with Crippen molar-refractivity contribution in [2.45, 2.75) is 20.0 Å². The maximum absolute atomic E-state index is 12.7. The quantitative estimate of drug-likeness (QED) is 0.813. The Bertz CT molecular complexity index is 672. The van der Waals surface area contributed by atoms with E-state index in [4.69, 9.17) is 5.73 Å². The molecule has 1 amide bonds. The summed E-state index contributed by atoms with van der Waals surface area (Å²) in [6.07, 6.45) is 0. The number of amides is 1. The first-order valence-corrected chi connectivity index (χ1v) is 7.27. The van der Waals surface area contributed by atoms with Gasteiger partial charge >= 0.3 is 0 Å². The molecule has 102 valence electrons. The average Bonchev–Trinajstić information content (AvgIpc) is 2.86. The molecule has 0 fully saturated rings. The van der Waals surface area contributed by atoms with Gasteiger partial charge in [-0.25, -0.2) is 0 Å². The van der Waals surface area contributed by atoms with Gasteiger partial charge in [0.1, 0.15) is 0 Å². The summed E-state index contributed by atoms with van der Waals surface area (Å²) in [5, 5.41) is 0. The molecular weight excluding hydrogens is 316 g/mol. The molecule has 20 heavy (non-hydrogen) atoms. The number of nitrogens with two attached hydrogens (primary N) is 1. The topological polar surface area (TPSA) is 46.3 Å². The molecule has 0 spiro atoms. The van der Waals surface area contributed by atoms with Gasteiger partial charge in [-0.15, -0.1) is 0 Å². The predicted molar refractivity (Wildman–Crippen MR) is 83.3 cm³/mol. The molecule has 1 aliphatic rings. The third kappa shape index (κ3) is 2.20. The van der Waals surface area contributed by atoms with Crippen molar-refractivity contribution in [3.63, 3.8) is 0 Å². The van der Waals surface area contributed by atoms with Gasteiger partial charge in [-0.2, -0.15) is 0 Å². The number of nitrogens with zero attached hydrogens (tertiary/aromatic N) is 1. The molecule has 4 heteroatoms. The molecular formula is C16H15BrN2O. The Morgan fingerprint density at radius 2 is 1.80 bits per heavy atom. The minimum atomic E-state index is 0.0340. The summed E-state index contributed by atoms with van der Waals surface area (Å²) in [6.45, 7) is 3.22. The monoisotopic (exact) mass is 330 g/mol. The van der Waals surface area contributed by atoms with Gasteiger partial charge in [-0.1, -0.05) is 40.2 Å². The highest BCUT2D eigenvalue weighted by atomic mass is 79.9. The van der Waals surface area contributed by atoms with Crippen LogP contribution in [0.2, 0.25) is 0 Å². The van der Waals surface area contributed by atoms with Crippen LogP contribution in [0.3, 0.4) is 0 Å². The summed E-state index contributed by atoms with van der Waals surface area (Å²) in [5.74, 6) is 0.0340. The smallest absolute Gasteiger partial charge is 0.254 e. The molecule has 2 N–H and O–H groups in total. The van der Waals surface area contributed by atoms with Crippen LogP contribution in [-0.4, -0.2) is 10.8 Å². The zero-order valence-corrected chi connectivity index (χ0v) is 12.8. The molecule has 0 saturated heterocycles. The predicted octanol–water partition coefficient (Wildman–Crippen LogP) is 3.50. The minimum Gasteiger partial charge on any atom is -0.398 e. The van der Waals surface area contributed by atoms with Gasteiger partial charge in [0.15, 0.2) is 0 Å². The Labute approximate surface area is 126 Å². The second-order valence-electron chi connectivity index (χ2n) is 5.10. The number of rotatable bonds is 1. The lowest BCUT2D eigenvalue weighted by Gasteiger charge is -2.18. The van der Waals surface area contributed by atoms with Crippen molar-refractivity contribution >= 4 is 27.5 Å². The summed E-state index contributed by atoms with van der Waals surface area (Å²) in [6, 6.07) is 11.8. The van der Waals surface area contributed by atoms with Crippen molar-refractivity contribution in [3.8, 4) is 0 Å². The second kappa shape index (κ2) is 4.94. The lowest BCUT2D eigenvalue weighted by molar-refractivity contribution is 0.0750. The van der Waals surface area contributed by atoms with E-state index in [1.54, 1.807) is 0 Å². The van der Waals surface area contributed by atoms with Gasteiger partial charge in [0.25, 0.3) is 5.91 Å². The Morgan fingerprint density at radius 3 is 2.40 bits per heavy atom. The van der Waals surface area contributed by atoms with Crippen LogP contribution in [0.25, 0.3) is 0 Å². The average molecular weight is 331 g/mol. The molecule has 0 aromatic heterocycles. The Kier molecular flexibility index (Phi) is 3.26. The summed E-state index contributed by atoms with van der Waals surface area (Å²) in [5.41, 5.74) is 10.5. The Balaban J connectivity index is 1.92. The summed E-state index contributed by atoms with van der Waals surface area (Å²) >= 11 is 3.40. The van der Waals surface area contributed by atoms with Gasteiger partial charge in [0.2, 0.25) is 0 Å². The third-order valence-corrected chi connectivity index (χ3v) is 4.23. The normalized spacial score (nSPS) is 13.4. The highest BCUT2D eigenvalue weighted by Crippen LogP contribution is 2.28. The van der Waals surface area contributed by atoms with Crippen LogP contribution in [0, 0.1) is 6.92 Å². The first kappa shape index (κ1) is 13.2. The van der Waals surface area contributed by atoms with E-state index < -0.39 is 0 Å². The summed E-state index contributed by atoms with van der Waals surface area (Å²) in [7, 11) is 0. The Hall–Kier alpha value is -1.81. The summed E-state index contributed by atoms with van der Waals surface area (Å²) in [4.78, 5) is 14.6. The van der Waals surface area contributed by atoms with E-state index in [0.717, 1.165) is 10.0 Å². The number of anilines is 1. The largest absolute Gasteiger partial charge is 0.398 e. The van der Waals surface area contributed by atoms with Crippen molar-refractivity contribution in [1.82, 2.24) is 4.90 Å². The number of carbonyl (C=O) groups is 1. The number of nitrogen functional groups attached to an aromatic ring is 1. The van der Waals surface area contributed by atoms with Gasteiger partial charge < -0.3 is 10.6 Å². The van der Waals surface area contributed by atoms with Crippen molar-refractivity contribution in [2.24, 2.45) is 0 Å². The van der Waals surface area contributed by atoms with Gasteiger partial charge in [-0.05, 0) is 35.7 Å². The van der Waals surface area contributed by atoms with Crippen molar-refractivity contribution < 1.29 is 4.79 Å². The number of halogens is 1. The highest BCUT2D eigenvalue weighted by molar-refractivity contribution is 9.10. The van der Waals surface area contributed by atoms with E-state index in [9.17, 15) is 4.79 Å². The molecule has 3 rings (SSSR count). The van der Waals surface area contributed by atoms with E-state index in [1.165, 1.54) is 11.1 Å². The van der Waals surface area contributed by atoms with E-state index in [2.05, 4.69) is 28.1 Å². The first-order valence-electron chi connectivity index (χ1n) is 6.48. The number of carbonyl (C=O) groups excluding carboxylic acids is 1. The first-order chi connectivity index (χ1) is 9.56. The zero-order chi connectivity index (χ0) is 14.3. The van der Waals surface area contributed by atoms with E-state index in [1.807, 2.05) is 36.1 Å². The van der Waals surface area contributed by atoms with E-state index in [-0.39, 0.29) is 5.91 Å². The van der Waals surface area contributed by atoms with Crippen LogP contribution in [-0.2, 0) is 13.1 Å². The fourth-order valence-electron chi connectivity index (χ4n) is 2.57. The fourth-order valence-corrected chi connectivity index (χ4v) is 3.04. The molecule has 2 aromatic carbocycles. The second-order valence-corrected chi connectivity index (χ2v) is 6.01. The molecule has 2 aromatic rings. The molecule has 0 radical (unpaired) electrons. The molecule has 0 aliphatic carbocycles. The van der Waals surface area contributed by atoms with Crippen LogP contribution in [0.1, 0.15) is 27.0 Å². The van der Waals surface area contributed by atoms with E-state index in [0.29, 0.717) is 24.3 Å². The number of benzene rings is 2. The molecule has 0 atom stereocenters. The summed E-state index contributed by atoms with van der Waals surface area (Å²) < 4.78 is 0.834. The third-order valence-electron chi connectivity index (χ3n) is 3.77. The van der Waals surface area contributed by atoms with Gasteiger partial charge in [-0.3, -0.25) is 4.79 Å². The van der Waals surface area contributed by atoms with E-state index >= 15 is 0 Å². The minimum absolute atomic E-state index is 0.0340. The number of hydrogen-bond donors (Lipinski definition) is 1. The van der Waals surface area contributed by atoms with Gasteiger partial charge in [0.05, 0.1) is 0 Å². The molecule has 1 heterocycles. The van der Waals surface area contributed by atoms with Crippen molar-refractivity contribution in [2.75, 3.05) is 5.73 Å². The molecule has 0 bridgehead atoms. The number of hydrogen-bond acceptors (Lipinski definition) is 2. The zero-order valence-electron chi connectivity index (χ0n) is 11.2. The fraction of sp³-hybridized carbons (Fsp3) is 0.188. The number of fused-ring (bicyclic) bond motifs is 1. The highest BCUT2D eigenvalue weighted by Gasteiger charge is 2.25. The van der Waals surface area contributed by atoms with Crippen LogP contribution in [0.15, 0.2) is 40.9 Å². The van der Waals surface area contributed by atoms with Crippen LogP contribution < -0.4 is 5.73 Å². The lowest BCUT2D eigenvalue weighted by Crippen LogP contribution is -2.26. The van der Waals surface area contributed by atoms with Crippen LogP contribution >= 0.6 is 15.9 Å². The molecule has 0 unspecified atom stereocenters. The standard InChI is InChI=1S/C16H15BrN2O/c1-10-14(6-13(17)7-15(10)18)16(20)19-8-11-4-2-3-5-12(11)9-19/h2-7H,8-9,18H2,1H3. The lowest BCUT2D eigenvalue weighted by atomic mass is 10.1. The molecule has 1 aliphatic heterocycles. The molecule has 0 saturated carbocycles.